The van der Waals surface area contributed by atoms with Crippen LogP contribution in [0.5, 0.6) is 0 Å². The number of esters is 1. The molecule has 2 N–H and O–H groups in total. The van der Waals surface area contributed by atoms with Gasteiger partial charge in [-0.2, -0.15) is 0 Å². The van der Waals surface area contributed by atoms with Crippen LogP contribution in [-0.2, 0) is 20.8 Å². The minimum absolute atomic E-state index is 0.222. The minimum atomic E-state index is -0.817. The number of hydrogen-bond acceptors (Lipinski definition) is 4. The van der Waals surface area contributed by atoms with Crippen molar-refractivity contribution in [1.29, 1.82) is 0 Å². The lowest BCUT2D eigenvalue weighted by molar-refractivity contribution is -0.147. The maximum Gasteiger partial charge on any atom is 0.343 e. The molecule has 20 heavy (non-hydrogen) atoms. The third-order valence-electron chi connectivity index (χ3n) is 3.78. The number of fused-ring (bicyclic) bond motifs is 3. The summed E-state index contributed by atoms with van der Waals surface area (Å²) in [5, 5.41) is 4.54. The Morgan fingerprint density at radius 1 is 1.45 bits per heavy atom. The molecule has 1 atom stereocenters. The summed E-state index contributed by atoms with van der Waals surface area (Å²) in [6.07, 6.45) is 2.85. The molecule has 0 fully saturated rings. The highest BCUT2D eigenvalue weighted by Crippen LogP contribution is 2.40. The van der Waals surface area contributed by atoms with Crippen molar-refractivity contribution < 1.29 is 9.53 Å². The summed E-state index contributed by atoms with van der Waals surface area (Å²) in [6, 6.07) is 8.18. The summed E-state index contributed by atoms with van der Waals surface area (Å²) in [6.45, 7) is 2.99. The molecule has 5 heteroatoms. The summed E-state index contributed by atoms with van der Waals surface area (Å²) in [7, 11) is 0. The Morgan fingerprint density at radius 3 is 3.00 bits per heavy atom. The molecular formula is C15H18N2O2S. The number of para-hydroxylation sites is 1. The first-order valence-corrected chi connectivity index (χ1v) is 8.03. The van der Waals surface area contributed by atoms with Gasteiger partial charge in [0.15, 0.2) is 0 Å². The molecular weight excluding hydrogens is 272 g/mol. The minimum Gasteiger partial charge on any atom is -0.464 e. The largest absolute Gasteiger partial charge is 0.464 e. The number of aromatic amines is 1. The summed E-state index contributed by atoms with van der Waals surface area (Å²) >= 11 is 1.48. The Labute approximate surface area is 122 Å². The molecule has 2 aromatic rings. The molecule has 1 unspecified atom stereocenters. The second-order valence-corrected chi connectivity index (χ2v) is 5.83. The number of aromatic nitrogens is 1. The van der Waals surface area contributed by atoms with E-state index in [1.807, 2.05) is 31.4 Å². The van der Waals surface area contributed by atoms with E-state index in [0.717, 1.165) is 24.2 Å². The van der Waals surface area contributed by atoms with Crippen LogP contribution in [0, 0.1) is 0 Å². The van der Waals surface area contributed by atoms with Crippen molar-refractivity contribution in [1.82, 2.24) is 10.3 Å². The van der Waals surface area contributed by atoms with Crippen molar-refractivity contribution in [2.75, 3.05) is 19.4 Å². The molecule has 4 nitrogen and oxygen atoms in total. The van der Waals surface area contributed by atoms with E-state index in [1.165, 1.54) is 22.7 Å². The van der Waals surface area contributed by atoms with Gasteiger partial charge in [-0.25, -0.2) is 4.79 Å². The zero-order chi connectivity index (χ0) is 14.2. The number of H-pyrrole nitrogens is 1. The molecule has 106 valence electrons. The second kappa shape index (κ2) is 5.14. The van der Waals surface area contributed by atoms with Gasteiger partial charge in [-0.05, 0) is 31.2 Å². The van der Waals surface area contributed by atoms with Crippen LogP contribution in [0.15, 0.2) is 24.3 Å². The van der Waals surface area contributed by atoms with Crippen molar-refractivity contribution in [3.8, 4) is 0 Å². The monoisotopic (exact) mass is 290 g/mol. The van der Waals surface area contributed by atoms with Crippen LogP contribution in [0.25, 0.3) is 10.9 Å². The summed E-state index contributed by atoms with van der Waals surface area (Å²) < 4.78 is 5.29. The first-order valence-electron chi connectivity index (χ1n) is 6.80. The number of carbonyl (C=O) groups excluding carboxylic acids is 1. The van der Waals surface area contributed by atoms with Gasteiger partial charge in [-0.3, -0.25) is 5.32 Å². The van der Waals surface area contributed by atoms with Crippen molar-refractivity contribution in [3.05, 3.63) is 35.5 Å². The van der Waals surface area contributed by atoms with Gasteiger partial charge in [0.05, 0.1) is 12.3 Å². The van der Waals surface area contributed by atoms with Crippen molar-refractivity contribution >= 4 is 28.6 Å². The van der Waals surface area contributed by atoms with E-state index < -0.39 is 4.87 Å². The van der Waals surface area contributed by atoms with Crippen LogP contribution < -0.4 is 5.32 Å². The third kappa shape index (κ3) is 1.84. The topological polar surface area (TPSA) is 54.1 Å². The predicted octanol–water partition coefficient (Wildman–Crippen LogP) is 2.39. The van der Waals surface area contributed by atoms with Crippen LogP contribution in [0.3, 0.4) is 0 Å². The predicted molar refractivity (Wildman–Crippen MR) is 81.8 cm³/mol. The van der Waals surface area contributed by atoms with Gasteiger partial charge < -0.3 is 9.72 Å². The van der Waals surface area contributed by atoms with Gasteiger partial charge in [0.2, 0.25) is 4.87 Å². The van der Waals surface area contributed by atoms with Gasteiger partial charge >= 0.3 is 5.97 Å². The lowest BCUT2D eigenvalue weighted by atomic mass is 9.99. The van der Waals surface area contributed by atoms with Crippen LogP contribution in [0.1, 0.15) is 18.2 Å². The van der Waals surface area contributed by atoms with Gasteiger partial charge in [-0.15, -0.1) is 11.8 Å². The first kappa shape index (κ1) is 13.5. The lowest BCUT2D eigenvalue weighted by Gasteiger charge is -2.34. The molecule has 1 aliphatic rings. The maximum absolute atomic E-state index is 12.5. The Kier molecular flexibility index (Phi) is 3.48. The average molecular weight is 290 g/mol. The molecule has 0 radical (unpaired) electrons. The Hall–Kier alpha value is -1.46. The lowest BCUT2D eigenvalue weighted by Crippen LogP contribution is -2.51. The summed E-state index contributed by atoms with van der Waals surface area (Å²) in [5.74, 6) is -0.222. The molecule has 0 spiro atoms. The number of benzene rings is 1. The molecule has 0 amide bonds. The number of nitrogens with one attached hydrogen (secondary N) is 2. The van der Waals surface area contributed by atoms with Crippen LogP contribution in [0.2, 0.25) is 0 Å². The molecule has 0 aliphatic carbocycles. The Morgan fingerprint density at radius 2 is 2.25 bits per heavy atom. The molecule has 2 heterocycles. The third-order valence-corrected chi connectivity index (χ3v) is 4.91. The van der Waals surface area contributed by atoms with E-state index in [9.17, 15) is 4.79 Å². The molecule has 1 aromatic heterocycles. The maximum atomic E-state index is 12.5. The zero-order valence-corrected chi connectivity index (χ0v) is 12.5. The normalized spacial score (nSPS) is 21.7. The fourth-order valence-electron chi connectivity index (χ4n) is 2.88. The van der Waals surface area contributed by atoms with Crippen molar-refractivity contribution in [2.45, 2.75) is 18.2 Å². The van der Waals surface area contributed by atoms with E-state index >= 15 is 0 Å². The van der Waals surface area contributed by atoms with E-state index in [4.69, 9.17) is 4.74 Å². The van der Waals surface area contributed by atoms with Gasteiger partial charge in [0.25, 0.3) is 0 Å². The number of carbonyl (C=O) groups is 1. The smallest absolute Gasteiger partial charge is 0.343 e. The van der Waals surface area contributed by atoms with E-state index in [-0.39, 0.29) is 5.97 Å². The molecule has 3 rings (SSSR count). The second-order valence-electron chi connectivity index (χ2n) is 4.81. The van der Waals surface area contributed by atoms with Gasteiger partial charge in [-0.1, -0.05) is 18.2 Å². The molecule has 1 aliphatic heterocycles. The summed E-state index contributed by atoms with van der Waals surface area (Å²) in [4.78, 5) is 15.1. The van der Waals surface area contributed by atoms with Crippen LogP contribution in [0.4, 0.5) is 0 Å². The number of rotatable bonds is 3. The molecule has 0 saturated heterocycles. The number of thioether (sulfide) groups is 1. The highest BCUT2D eigenvalue weighted by atomic mass is 32.2. The molecule has 0 saturated carbocycles. The highest BCUT2D eigenvalue weighted by molar-refractivity contribution is 8.00. The Bertz CT molecular complexity index is 652. The SMILES string of the molecule is CCOC(=O)C1(SC)NCCc2c1[nH]c1ccccc21. The van der Waals surface area contributed by atoms with E-state index in [0.29, 0.717) is 6.61 Å². The first-order chi connectivity index (χ1) is 9.73. The fraction of sp³-hybridized carbons (Fsp3) is 0.400. The van der Waals surface area contributed by atoms with Crippen LogP contribution in [-0.4, -0.2) is 30.4 Å². The van der Waals surface area contributed by atoms with Crippen LogP contribution >= 0.6 is 11.8 Å². The van der Waals surface area contributed by atoms with E-state index in [2.05, 4.69) is 16.4 Å². The highest BCUT2D eigenvalue weighted by Gasteiger charge is 2.46. The van der Waals surface area contributed by atoms with Crippen molar-refractivity contribution in [2.24, 2.45) is 0 Å². The molecule has 1 aromatic carbocycles. The van der Waals surface area contributed by atoms with E-state index in [1.54, 1.807) is 0 Å². The quantitative estimate of drug-likeness (QED) is 0.852. The van der Waals surface area contributed by atoms with Crippen molar-refractivity contribution in [3.63, 3.8) is 0 Å². The van der Waals surface area contributed by atoms with Gasteiger partial charge in [0.1, 0.15) is 0 Å². The number of hydrogen-bond donors (Lipinski definition) is 2. The average Bonchev–Trinajstić information content (AvgIpc) is 2.86. The molecule has 0 bridgehead atoms. The Balaban J connectivity index is 2.19. The summed E-state index contributed by atoms with van der Waals surface area (Å²) in [5.41, 5.74) is 3.24. The fourth-order valence-corrected chi connectivity index (χ4v) is 3.73. The van der Waals surface area contributed by atoms with Gasteiger partial charge in [0, 0.05) is 17.4 Å². The zero-order valence-electron chi connectivity index (χ0n) is 11.7. The standard InChI is InChI=1S/C15H18N2O2S/c1-3-19-14(18)15(20-2)13-11(8-9-16-15)10-6-4-5-7-12(10)17-13/h4-7,16-17H,3,8-9H2,1-2H3. The number of ether oxygens (including phenoxy) is 1.